The summed E-state index contributed by atoms with van der Waals surface area (Å²) in [5.74, 6) is 3.05. The first-order chi connectivity index (χ1) is 15.4. The van der Waals surface area contributed by atoms with Gasteiger partial charge in [-0.25, -0.2) is 9.97 Å². The molecule has 2 aliphatic carbocycles. The zero-order chi connectivity index (χ0) is 22.3. The fourth-order valence-corrected chi connectivity index (χ4v) is 6.92. The van der Waals surface area contributed by atoms with E-state index in [1.807, 2.05) is 11.3 Å². The van der Waals surface area contributed by atoms with Crippen LogP contribution in [0.3, 0.4) is 0 Å². The van der Waals surface area contributed by atoms with E-state index < -0.39 is 0 Å². The molecule has 2 aromatic heterocycles. The van der Waals surface area contributed by atoms with Crippen LogP contribution in [-0.4, -0.2) is 47.0 Å². The summed E-state index contributed by atoms with van der Waals surface area (Å²) in [5, 5.41) is 1.33. The average molecular weight is 455 g/mol. The van der Waals surface area contributed by atoms with Gasteiger partial charge < -0.3 is 9.80 Å². The number of aryl methyl sites for hydroxylation is 2. The van der Waals surface area contributed by atoms with Crippen molar-refractivity contribution in [2.24, 2.45) is 5.41 Å². The van der Waals surface area contributed by atoms with Gasteiger partial charge in [0.1, 0.15) is 16.5 Å². The molecule has 5 nitrogen and oxygen atoms in total. The molecular formula is C26H38N4OS. The van der Waals surface area contributed by atoms with Crippen LogP contribution in [0.4, 0.5) is 5.82 Å². The lowest BCUT2D eigenvalue weighted by Crippen LogP contribution is -2.49. The smallest absolute Gasteiger partial charge is 0.223 e. The number of piperazine rings is 1. The molecule has 1 amide bonds. The van der Waals surface area contributed by atoms with Crippen LogP contribution in [-0.2, 0) is 17.6 Å². The lowest BCUT2D eigenvalue weighted by atomic mass is 9.88. The first kappa shape index (κ1) is 22.1. The molecule has 0 spiro atoms. The highest BCUT2D eigenvalue weighted by Crippen LogP contribution is 2.42. The van der Waals surface area contributed by atoms with E-state index in [0.29, 0.717) is 18.2 Å². The summed E-state index contributed by atoms with van der Waals surface area (Å²) in [7, 11) is 0. The molecule has 3 heterocycles. The number of hydrogen-bond donors (Lipinski definition) is 0. The van der Waals surface area contributed by atoms with Crippen molar-refractivity contribution in [2.45, 2.75) is 90.9 Å². The van der Waals surface area contributed by atoms with Crippen molar-refractivity contribution >= 4 is 33.3 Å². The lowest BCUT2D eigenvalue weighted by Gasteiger charge is -2.37. The molecule has 0 N–H and O–H groups in total. The number of aromatic nitrogens is 2. The Bertz CT molecular complexity index is 978. The van der Waals surface area contributed by atoms with Crippen molar-refractivity contribution in [3.05, 3.63) is 16.3 Å². The van der Waals surface area contributed by atoms with Gasteiger partial charge in [0.05, 0.1) is 5.39 Å². The summed E-state index contributed by atoms with van der Waals surface area (Å²) < 4.78 is 0. The van der Waals surface area contributed by atoms with Crippen LogP contribution in [0.1, 0.15) is 94.3 Å². The molecule has 174 valence electrons. The fraction of sp³-hybridized carbons (Fsp3) is 0.731. The highest BCUT2D eigenvalue weighted by molar-refractivity contribution is 7.19. The number of hydrogen-bond acceptors (Lipinski definition) is 5. The van der Waals surface area contributed by atoms with Crippen molar-refractivity contribution in [2.75, 3.05) is 31.1 Å². The molecule has 0 radical (unpaired) electrons. The Morgan fingerprint density at radius 2 is 1.69 bits per heavy atom. The molecule has 1 saturated carbocycles. The maximum absolute atomic E-state index is 12.8. The molecule has 0 unspecified atom stereocenters. The van der Waals surface area contributed by atoms with E-state index in [9.17, 15) is 4.79 Å². The van der Waals surface area contributed by atoms with Crippen molar-refractivity contribution < 1.29 is 4.79 Å². The number of anilines is 1. The first-order valence-electron chi connectivity index (χ1n) is 12.7. The monoisotopic (exact) mass is 454 g/mol. The van der Waals surface area contributed by atoms with E-state index in [0.717, 1.165) is 37.8 Å². The molecule has 2 fully saturated rings. The number of carbonyl (C=O) groups excluding carboxylic acids is 1. The van der Waals surface area contributed by atoms with Gasteiger partial charge >= 0.3 is 0 Å². The van der Waals surface area contributed by atoms with E-state index >= 15 is 0 Å². The van der Waals surface area contributed by atoms with Gasteiger partial charge in [-0.15, -0.1) is 11.3 Å². The van der Waals surface area contributed by atoms with E-state index in [1.54, 1.807) is 4.88 Å². The van der Waals surface area contributed by atoms with Gasteiger partial charge in [-0.3, -0.25) is 4.79 Å². The van der Waals surface area contributed by atoms with Crippen molar-refractivity contribution in [3.8, 4) is 0 Å². The van der Waals surface area contributed by atoms with Crippen LogP contribution in [0.15, 0.2) is 0 Å². The SMILES string of the molecule is CC(C)(C)CC(=O)N1CCN(c2nc(C3CCCCC3)nc3sc4c(c23)CCCC4)CC1. The van der Waals surface area contributed by atoms with Crippen molar-refractivity contribution in [3.63, 3.8) is 0 Å². The Morgan fingerprint density at radius 1 is 0.969 bits per heavy atom. The second-order valence-electron chi connectivity index (χ2n) is 11.2. The largest absolute Gasteiger partial charge is 0.352 e. The van der Waals surface area contributed by atoms with Gasteiger partial charge in [0.25, 0.3) is 0 Å². The Labute approximate surface area is 196 Å². The van der Waals surface area contributed by atoms with E-state index in [2.05, 4.69) is 30.6 Å². The third-order valence-electron chi connectivity index (χ3n) is 7.40. The third-order valence-corrected chi connectivity index (χ3v) is 8.58. The van der Waals surface area contributed by atoms with Gasteiger partial charge in [0, 0.05) is 43.4 Å². The normalized spacial score (nSPS) is 20.6. The summed E-state index contributed by atoms with van der Waals surface area (Å²) >= 11 is 1.93. The second-order valence-corrected chi connectivity index (χ2v) is 12.3. The Balaban J connectivity index is 1.44. The number of amides is 1. The van der Waals surface area contributed by atoms with Gasteiger partial charge in [-0.1, -0.05) is 40.0 Å². The minimum Gasteiger partial charge on any atom is -0.352 e. The van der Waals surface area contributed by atoms with Gasteiger partial charge in [0.15, 0.2) is 0 Å². The standard InChI is InChI=1S/C26H38N4OS/c1-26(2,3)17-21(31)29-13-15-30(16-14-29)24-22-19-11-7-8-12-20(19)32-25(22)28-23(27-24)18-9-5-4-6-10-18/h18H,4-17H2,1-3H3. The molecule has 5 rings (SSSR count). The van der Waals surface area contributed by atoms with Crippen LogP contribution in [0.2, 0.25) is 0 Å². The zero-order valence-corrected chi connectivity index (χ0v) is 20.9. The maximum atomic E-state index is 12.8. The van der Waals surface area contributed by atoms with E-state index in [4.69, 9.17) is 9.97 Å². The number of fused-ring (bicyclic) bond motifs is 3. The number of carbonyl (C=O) groups is 1. The predicted octanol–water partition coefficient (Wildman–Crippen LogP) is 5.70. The Hall–Kier alpha value is -1.69. The van der Waals surface area contributed by atoms with Gasteiger partial charge in [0.2, 0.25) is 5.91 Å². The quantitative estimate of drug-likeness (QED) is 0.597. The topological polar surface area (TPSA) is 49.3 Å². The molecular weight excluding hydrogens is 416 g/mol. The molecule has 0 atom stereocenters. The molecule has 3 aliphatic rings. The maximum Gasteiger partial charge on any atom is 0.223 e. The molecule has 1 aliphatic heterocycles. The summed E-state index contributed by atoms with van der Waals surface area (Å²) in [5.41, 5.74) is 1.56. The van der Waals surface area contributed by atoms with Gasteiger partial charge in [-0.2, -0.15) is 0 Å². The molecule has 6 heteroatoms. The van der Waals surface area contributed by atoms with Crippen LogP contribution in [0.25, 0.3) is 10.2 Å². The molecule has 32 heavy (non-hydrogen) atoms. The van der Waals surface area contributed by atoms with Crippen LogP contribution < -0.4 is 4.90 Å². The van der Waals surface area contributed by atoms with Crippen molar-refractivity contribution in [1.82, 2.24) is 14.9 Å². The molecule has 0 bridgehead atoms. The van der Waals surface area contributed by atoms with Gasteiger partial charge in [-0.05, 0) is 49.5 Å². The Morgan fingerprint density at radius 3 is 2.41 bits per heavy atom. The summed E-state index contributed by atoms with van der Waals surface area (Å²) in [4.78, 5) is 30.5. The highest BCUT2D eigenvalue weighted by atomic mass is 32.1. The van der Waals surface area contributed by atoms with Crippen molar-refractivity contribution in [1.29, 1.82) is 0 Å². The zero-order valence-electron chi connectivity index (χ0n) is 20.1. The summed E-state index contributed by atoms with van der Waals surface area (Å²) in [6.07, 6.45) is 12.0. The minimum atomic E-state index is 0.0394. The van der Waals surface area contributed by atoms with Crippen LogP contribution in [0, 0.1) is 5.41 Å². The minimum absolute atomic E-state index is 0.0394. The lowest BCUT2D eigenvalue weighted by molar-refractivity contribution is -0.133. The average Bonchev–Trinajstić information content (AvgIpc) is 3.16. The molecule has 1 saturated heterocycles. The molecule has 2 aromatic rings. The Kier molecular flexibility index (Phi) is 6.17. The highest BCUT2D eigenvalue weighted by Gasteiger charge is 2.30. The number of rotatable bonds is 3. The number of thiophene rings is 1. The molecule has 0 aromatic carbocycles. The predicted molar refractivity (Wildman–Crippen MR) is 133 cm³/mol. The second kappa shape index (κ2) is 8.92. The fourth-order valence-electron chi connectivity index (χ4n) is 5.66. The number of nitrogens with zero attached hydrogens (tertiary/aromatic N) is 4. The third kappa shape index (κ3) is 4.52. The van der Waals surface area contributed by atoms with Crippen LogP contribution in [0.5, 0.6) is 0 Å². The summed E-state index contributed by atoms with van der Waals surface area (Å²) in [6.45, 7) is 9.77. The summed E-state index contributed by atoms with van der Waals surface area (Å²) in [6, 6.07) is 0. The van der Waals surface area contributed by atoms with E-state index in [1.165, 1.54) is 73.6 Å². The van der Waals surface area contributed by atoms with E-state index in [-0.39, 0.29) is 5.41 Å². The van der Waals surface area contributed by atoms with Crippen LogP contribution >= 0.6 is 11.3 Å². The first-order valence-corrected chi connectivity index (χ1v) is 13.6.